The van der Waals surface area contributed by atoms with Crippen molar-refractivity contribution in [3.8, 4) is 6.07 Å². The number of imide groups is 1. The van der Waals surface area contributed by atoms with Gasteiger partial charge >= 0.3 is 0 Å². The molecule has 0 unspecified atom stereocenters. The van der Waals surface area contributed by atoms with Crippen LogP contribution in [-0.4, -0.2) is 102 Å². The highest BCUT2D eigenvalue weighted by Gasteiger charge is 2.44. The molecule has 5 fully saturated rings. The van der Waals surface area contributed by atoms with Crippen LogP contribution in [-0.2, 0) is 9.59 Å². The summed E-state index contributed by atoms with van der Waals surface area (Å²) in [5, 5.41) is 24.4. The molecule has 8 rings (SSSR count). The molecule has 13 heteroatoms. The lowest BCUT2D eigenvalue weighted by atomic mass is 9.77. The number of rotatable bonds is 8. The minimum absolute atomic E-state index is 0.0460. The molecule has 5 saturated heterocycles. The standard InChI is InChI=1S/C41H48ClN9O3/c1-27-21-41(26-51(27)33-6-5-31(22-43)34(42)20-33)13-17-49(18-14-41)37-9-7-36(46-47-37)40(54)50-24-28(25-50)23-48-15-11-29(12-16-48)30-3-2-4-32(19-30)44-35-8-10-38(52)45-39(35)53/h2-7,9,19-20,27-29,35,44H,8,10-18,21,23-26H2,1H3,(H,45,52,53)/t27-,35+/m1/s1. The van der Waals surface area contributed by atoms with E-state index in [1.807, 2.05) is 47.4 Å². The van der Waals surface area contributed by atoms with E-state index in [2.05, 4.69) is 60.7 Å². The van der Waals surface area contributed by atoms with Crippen molar-refractivity contribution in [3.05, 3.63) is 76.4 Å². The number of aromatic nitrogens is 2. The number of hydrogen-bond donors (Lipinski definition) is 2. The van der Waals surface area contributed by atoms with Crippen LogP contribution in [0.15, 0.2) is 54.6 Å². The van der Waals surface area contributed by atoms with E-state index in [1.54, 1.807) is 0 Å². The molecule has 5 aliphatic rings. The zero-order valence-corrected chi connectivity index (χ0v) is 31.6. The first-order valence-corrected chi connectivity index (χ1v) is 19.8. The van der Waals surface area contributed by atoms with Gasteiger partial charge in [0.1, 0.15) is 12.1 Å². The average Bonchev–Trinajstić information content (AvgIpc) is 3.49. The van der Waals surface area contributed by atoms with Gasteiger partial charge in [-0.3, -0.25) is 19.7 Å². The second kappa shape index (κ2) is 15.2. The molecule has 5 aliphatic heterocycles. The number of carbonyl (C=O) groups is 3. The minimum atomic E-state index is -0.383. The molecule has 282 valence electrons. The summed E-state index contributed by atoms with van der Waals surface area (Å²) in [5.41, 5.74) is 4.42. The third-order valence-corrected chi connectivity index (χ3v) is 12.8. The summed E-state index contributed by atoms with van der Waals surface area (Å²) in [7, 11) is 0. The number of carbonyl (C=O) groups excluding carboxylic acids is 3. The van der Waals surface area contributed by atoms with Crippen molar-refractivity contribution in [2.24, 2.45) is 11.3 Å². The van der Waals surface area contributed by atoms with E-state index < -0.39 is 0 Å². The highest BCUT2D eigenvalue weighted by Crippen LogP contribution is 2.46. The van der Waals surface area contributed by atoms with Crippen LogP contribution in [0.25, 0.3) is 0 Å². The van der Waals surface area contributed by atoms with Gasteiger partial charge in [0, 0.05) is 69.0 Å². The number of amides is 3. The fraction of sp³-hybridized carbons (Fsp3) is 0.512. The van der Waals surface area contributed by atoms with Gasteiger partial charge in [0.25, 0.3) is 5.91 Å². The van der Waals surface area contributed by atoms with Crippen molar-refractivity contribution in [3.63, 3.8) is 0 Å². The quantitative estimate of drug-likeness (QED) is 0.301. The highest BCUT2D eigenvalue weighted by atomic mass is 35.5. The largest absolute Gasteiger partial charge is 0.374 e. The summed E-state index contributed by atoms with van der Waals surface area (Å²) in [4.78, 5) is 46.1. The van der Waals surface area contributed by atoms with Crippen molar-refractivity contribution in [1.82, 2.24) is 25.3 Å². The Balaban J connectivity index is 0.764. The SMILES string of the molecule is C[C@@H]1CC2(CCN(c3ccc(C(=O)N4CC(CN5CCC(c6cccc(N[C@H]7CCC(=O)NC7=O)c6)CC5)C4)nn3)CC2)CN1c1ccc(C#N)c(Cl)c1. The summed E-state index contributed by atoms with van der Waals surface area (Å²) in [6.45, 7) is 9.57. The molecule has 3 amide bonds. The van der Waals surface area contributed by atoms with E-state index >= 15 is 0 Å². The van der Waals surface area contributed by atoms with E-state index in [1.165, 1.54) is 5.56 Å². The second-order valence-corrected chi connectivity index (χ2v) is 16.6. The summed E-state index contributed by atoms with van der Waals surface area (Å²) in [6, 6.07) is 20.0. The lowest BCUT2D eigenvalue weighted by Crippen LogP contribution is -2.54. The average molecular weight is 750 g/mol. The van der Waals surface area contributed by atoms with Crippen LogP contribution < -0.4 is 20.4 Å². The van der Waals surface area contributed by atoms with Crippen LogP contribution in [0.1, 0.15) is 79.4 Å². The van der Waals surface area contributed by atoms with Crippen LogP contribution >= 0.6 is 11.6 Å². The number of nitriles is 1. The number of likely N-dealkylation sites (tertiary alicyclic amines) is 2. The fourth-order valence-electron chi connectivity index (χ4n) is 9.36. The highest BCUT2D eigenvalue weighted by molar-refractivity contribution is 6.32. The van der Waals surface area contributed by atoms with Crippen molar-refractivity contribution < 1.29 is 14.4 Å². The molecule has 0 saturated carbocycles. The number of hydrogen-bond acceptors (Lipinski definition) is 10. The first-order chi connectivity index (χ1) is 26.1. The van der Waals surface area contributed by atoms with Crippen LogP contribution in [0, 0.1) is 22.7 Å². The van der Waals surface area contributed by atoms with E-state index in [0.29, 0.717) is 47.0 Å². The van der Waals surface area contributed by atoms with Gasteiger partial charge in [0.2, 0.25) is 11.8 Å². The van der Waals surface area contributed by atoms with E-state index in [9.17, 15) is 19.6 Å². The molecule has 2 N–H and O–H groups in total. The Morgan fingerprint density at radius 2 is 1.81 bits per heavy atom. The van der Waals surface area contributed by atoms with Crippen LogP contribution in [0.3, 0.4) is 0 Å². The maximum Gasteiger partial charge on any atom is 0.274 e. The van der Waals surface area contributed by atoms with Gasteiger partial charge in [-0.15, -0.1) is 10.2 Å². The first-order valence-electron chi connectivity index (χ1n) is 19.4. The summed E-state index contributed by atoms with van der Waals surface area (Å²) in [6.07, 6.45) is 6.25. The number of piperidine rings is 3. The van der Waals surface area contributed by atoms with Gasteiger partial charge in [-0.05, 0) is 118 Å². The van der Waals surface area contributed by atoms with E-state index in [4.69, 9.17) is 11.6 Å². The van der Waals surface area contributed by atoms with Gasteiger partial charge < -0.3 is 24.9 Å². The van der Waals surface area contributed by atoms with E-state index in [0.717, 1.165) is 102 Å². The Hall–Kier alpha value is -4.73. The van der Waals surface area contributed by atoms with Gasteiger partial charge in [0.15, 0.2) is 11.5 Å². The Morgan fingerprint density at radius 3 is 2.52 bits per heavy atom. The van der Waals surface area contributed by atoms with Gasteiger partial charge in [-0.1, -0.05) is 23.7 Å². The molecule has 12 nitrogen and oxygen atoms in total. The zero-order valence-electron chi connectivity index (χ0n) is 30.8. The Labute approximate surface area is 321 Å². The smallest absolute Gasteiger partial charge is 0.274 e. The van der Waals surface area contributed by atoms with Gasteiger partial charge in [0.05, 0.1) is 10.6 Å². The molecule has 3 aromatic rings. The maximum absolute atomic E-state index is 13.3. The molecule has 1 spiro atoms. The van der Waals surface area contributed by atoms with Crippen molar-refractivity contribution in [1.29, 1.82) is 5.26 Å². The van der Waals surface area contributed by atoms with Gasteiger partial charge in [-0.2, -0.15) is 5.26 Å². The van der Waals surface area contributed by atoms with E-state index in [-0.39, 0.29) is 29.2 Å². The molecule has 6 heterocycles. The summed E-state index contributed by atoms with van der Waals surface area (Å²) in [5.74, 6) is 1.25. The lowest BCUT2D eigenvalue weighted by Gasteiger charge is -2.43. The number of nitrogens with one attached hydrogen (secondary N) is 2. The van der Waals surface area contributed by atoms with Crippen LogP contribution in [0.2, 0.25) is 5.02 Å². The first kappa shape index (κ1) is 36.3. The molecular formula is C41H48ClN9O3. The minimum Gasteiger partial charge on any atom is -0.374 e. The number of benzene rings is 2. The Bertz CT molecular complexity index is 1930. The van der Waals surface area contributed by atoms with Crippen LogP contribution in [0.4, 0.5) is 17.2 Å². The predicted molar refractivity (Wildman–Crippen MR) is 208 cm³/mol. The number of halogens is 1. The Morgan fingerprint density at radius 1 is 1.02 bits per heavy atom. The summed E-state index contributed by atoms with van der Waals surface area (Å²) < 4.78 is 0. The third-order valence-electron chi connectivity index (χ3n) is 12.5. The van der Waals surface area contributed by atoms with Crippen molar-refractivity contribution in [2.45, 2.75) is 69.9 Å². The van der Waals surface area contributed by atoms with Crippen molar-refractivity contribution >= 4 is 46.5 Å². The third kappa shape index (κ3) is 7.62. The molecule has 0 bridgehead atoms. The normalized spacial score (nSPS) is 23.6. The Kier molecular flexibility index (Phi) is 10.2. The fourth-order valence-corrected chi connectivity index (χ4v) is 9.58. The lowest BCUT2D eigenvalue weighted by molar-refractivity contribution is -0.133. The molecule has 2 atom stereocenters. The number of anilines is 3. The van der Waals surface area contributed by atoms with Crippen molar-refractivity contribution in [2.75, 3.05) is 67.5 Å². The second-order valence-electron chi connectivity index (χ2n) is 16.1. The topological polar surface area (TPSA) is 138 Å². The monoisotopic (exact) mass is 749 g/mol. The molecule has 2 aromatic carbocycles. The number of nitrogens with zero attached hydrogens (tertiary/aromatic N) is 7. The molecule has 0 radical (unpaired) electrons. The maximum atomic E-state index is 13.3. The zero-order chi connectivity index (χ0) is 37.4. The molecular weight excluding hydrogens is 702 g/mol. The van der Waals surface area contributed by atoms with Gasteiger partial charge in [-0.25, -0.2) is 0 Å². The summed E-state index contributed by atoms with van der Waals surface area (Å²) >= 11 is 6.36. The molecule has 0 aliphatic carbocycles. The molecule has 54 heavy (non-hydrogen) atoms. The predicted octanol–water partition coefficient (Wildman–Crippen LogP) is 5.06. The van der Waals surface area contributed by atoms with Crippen LogP contribution in [0.5, 0.6) is 0 Å². The molecule has 1 aromatic heterocycles.